The molecule has 4 aliphatic rings. The summed E-state index contributed by atoms with van der Waals surface area (Å²) in [6, 6.07) is 8.36. The lowest BCUT2D eigenvalue weighted by Crippen LogP contribution is -2.36. The standard InChI is InChI=1S/C20H36N2O.C11H13NO/c1-4-17-15(2)18(16(3)20(17)9-10-20)19(23)21-11-5-6-12-22-13-7-8-14-22;1-9-2-4-10(5-3-9)11(6-7-11)12-8-13/h15-18H,4-14H2,1-3H3,(H,21,23);2-5,8H,6-7H2,1H3,(H,12,13). The first-order valence-corrected chi connectivity index (χ1v) is 14.7. The normalized spacial score (nSPS) is 29.3. The van der Waals surface area contributed by atoms with Crippen LogP contribution in [0.3, 0.4) is 0 Å². The molecule has 1 aromatic carbocycles. The molecule has 2 N–H and O–H groups in total. The average molecular weight is 496 g/mol. The Bertz CT molecular complexity index is 868. The van der Waals surface area contributed by atoms with Crippen molar-refractivity contribution in [2.24, 2.45) is 29.1 Å². The van der Waals surface area contributed by atoms with E-state index < -0.39 is 0 Å². The number of benzene rings is 1. The summed E-state index contributed by atoms with van der Waals surface area (Å²) >= 11 is 0. The summed E-state index contributed by atoms with van der Waals surface area (Å²) in [6.07, 6.45) is 12.0. The lowest BCUT2D eigenvalue weighted by Gasteiger charge is -2.22. The second-order valence-corrected chi connectivity index (χ2v) is 12.2. The Kier molecular flexibility index (Phi) is 8.80. The molecule has 1 aromatic rings. The number of amides is 2. The van der Waals surface area contributed by atoms with Crippen molar-refractivity contribution in [3.63, 3.8) is 0 Å². The molecule has 1 spiro atoms. The molecule has 1 aliphatic heterocycles. The van der Waals surface area contributed by atoms with Crippen molar-refractivity contribution in [3.05, 3.63) is 35.4 Å². The molecular weight excluding hydrogens is 446 g/mol. The van der Waals surface area contributed by atoms with Crippen LogP contribution in [0.15, 0.2) is 24.3 Å². The number of rotatable bonds is 10. The predicted octanol–water partition coefficient (Wildman–Crippen LogP) is 5.42. The third-order valence-corrected chi connectivity index (χ3v) is 10.0. The predicted molar refractivity (Wildman–Crippen MR) is 146 cm³/mol. The van der Waals surface area contributed by atoms with Gasteiger partial charge in [-0.1, -0.05) is 57.0 Å². The summed E-state index contributed by atoms with van der Waals surface area (Å²) in [7, 11) is 0. The van der Waals surface area contributed by atoms with Crippen LogP contribution in [0.25, 0.3) is 0 Å². The number of unbranched alkanes of at least 4 members (excludes halogenated alkanes) is 1. The Labute approximate surface area is 219 Å². The van der Waals surface area contributed by atoms with Gasteiger partial charge < -0.3 is 15.5 Å². The Morgan fingerprint density at radius 1 is 1.06 bits per heavy atom. The maximum atomic E-state index is 12.7. The molecular formula is C31H49N3O2. The van der Waals surface area contributed by atoms with Gasteiger partial charge in [0.15, 0.2) is 0 Å². The summed E-state index contributed by atoms with van der Waals surface area (Å²) in [4.78, 5) is 25.7. The smallest absolute Gasteiger partial charge is 0.223 e. The molecule has 0 bridgehead atoms. The molecule has 200 valence electrons. The molecule has 36 heavy (non-hydrogen) atoms. The van der Waals surface area contributed by atoms with E-state index in [9.17, 15) is 9.59 Å². The fraction of sp³-hybridized carbons (Fsp3) is 0.742. The molecule has 5 heteroatoms. The van der Waals surface area contributed by atoms with E-state index in [0.29, 0.717) is 23.2 Å². The number of nitrogens with one attached hydrogen (secondary N) is 2. The van der Waals surface area contributed by atoms with E-state index in [0.717, 1.165) is 38.1 Å². The highest BCUT2D eigenvalue weighted by molar-refractivity contribution is 5.80. The van der Waals surface area contributed by atoms with Gasteiger partial charge in [-0.3, -0.25) is 9.59 Å². The van der Waals surface area contributed by atoms with Crippen LogP contribution in [0.4, 0.5) is 0 Å². The minimum atomic E-state index is -0.0323. The summed E-state index contributed by atoms with van der Waals surface area (Å²) < 4.78 is 0. The van der Waals surface area contributed by atoms with Gasteiger partial charge in [0.2, 0.25) is 12.3 Å². The number of hydrogen-bond donors (Lipinski definition) is 2. The molecule has 5 nitrogen and oxygen atoms in total. The first-order valence-electron chi connectivity index (χ1n) is 14.7. The third-order valence-electron chi connectivity index (χ3n) is 10.0. The van der Waals surface area contributed by atoms with Crippen LogP contribution in [0.1, 0.15) is 89.7 Å². The summed E-state index contributed by atoms with van der Waals surface area (Å²) in [5.41, 5.74) is 2.97. The molecule has 4 fully saturated rings. The molecule has 2 amide bonds. The average Bonchev–Trinajstić information content (AvgIpc) is 3.76. The van der Waals surface area contributed by atoms with E-state index >= 15 is 0 Å². The first kappa shape index (κ1) is 27.2. The van der Waals surface area contributed by atoms with Crippen LogP contribution < -0.4 is 10.6 Å². The van der Waals surface area contributed by atoms with Gasteiger partial charge in [0, 0.05) is 12.5 Å². The number of aryl methyl sites for hydroxylation is 1. The zero-order chi connectivity index (χ0) is 25.8. The van der Waals surface area contributed by atoms with E-state index in [1.165, 1.54) is 69.3 Å². The van der Waals surface area contributed by atoms with E-state index in [2.05, 4.69) is 67.5 Å². The SMILES string of the molecule is CCC1C(C)C(C(=O)NCCCCN2CCCC2)C(C)C12CC2.Cc1ccc(C2(NC=O)CC2)cc1. The number of likely N-dealkylation sites (tertiary alicyclic amines) is 1. The largest absolute Gasteiger partial charge is 0.356 e. The van der Waals surface area contributed by atoms with E-state index in [1.54, 1.807) is 0 Å². The maximum absolute atomic E-state index is 12.7. The van der Waals surface area contributed by atoms with Crippen molar-refractivity contribution >= 4 is 12.3 Å². The Hall–Kier alpha value is -1.88. The zero-order valence-corrected chi connectivity index (χ0v) is 23.2. The topological polar surface area (TPSA) is 61.4 Å². The van der Waals surface area contributed by atoms with E-state index in [-0.39, 0.29) is 11.5 Å². The summed E-state index contributed by atoms with van der Waals surface area (Å²) in [5, 5.41) is 6.15. The number of nitrogens with zero attached hydrogens (tertiary/aromatic N) is 1. The zero-order valence-electron chi connectivity index (χ0n) is 23.2. The van der Waals surface area contributed by atoms with Crippen LogP contribution in [-0.2, 0) is 15.1 Å². The fourth-order valence-electron chi connectivity index (χ4n) is 7.56. The Balaban J connectivity index is 0.000000197. The summed E-state index contributed by atoms with van der Waals surface area (Å²) in [5.74, 6) is 2.49. The highest BCUT2D eigenvalue weighted by Gasteiger charge is 2.63. The molecule has 4 atom stereocenters. The van der Waals surface area contributed by atoms with Gasteiger partial charge in [0.1, 0.15) is 0 Å². The van der Waals surface area contributed by atoms with Crippen molar-refractivity contribution in [1.29, 1.82) is 0 Å². The van der Waals surface area contributed by atoms with Gasteiger partial charge in [0.05, 0.1) is 5.54 Å². The second kappa shape index (κ2) is 11.7. The van der Waals surface area contributed by atoms with Gasteiger partial charge in [-0.05, 0) is 107 Å². The molecule has 3 saturated carbocycles. The lowest BCUT2D eigenvalue weighted by molar-refractivity contribution is -0.127. The van der Waals surface area contributed by atoms with Crippen molar-refractivity contribution in [3.8, 4) is 0 Å². The quantitative estimate of drug-likeness (QED) is 0.337. The minimum Gasteiger partial charge on any atom is -0.356 e. The van der Waals surface area contributed by atoms with Crippen LogP contribution in [0.5, 0.6) is 0 Å². The Morgan fingerprint density at radius 3 is 2.25 bits per heavy atom. The van der Waals surface area contributed by atoms with Crippen molar-refractivity contribution < 1.29 is 9.59 Å². The molecule has 0 aromatic heterocycles. The minimum absolute atomic E-state index is 0.0323. The highest BCUT2D eigenvalue weighted by atomic mass is 16.2. The van der Waals surface area contributed by atoms with E-state index in [4.69, 9.17) is 0 Å². The second-order valence-electron chi connectivity index (χ2n) is 12.2. The van der Waals surface area contributed by atoms with Crippen LogP contribution in [0, 0.1) is 36.0 Å². The van der Waals surface area contributed by atoms with Crippen LogP contribution in [-0.4, -0.2) is 43.4 Å². The molecule has 4 unspecified atom stereocenters. The van der Waals surface area contributed by atoms with Gasteiger partial charge in [0.25, 0.3) is 0 Å². The van der Waals surface area contributed by atoms with Crippen LogP contribution in [0.2, 0.25) is 0 Å². The lowest BCUT2D eigenvalue weighted by atomic mass is 9.83. The third kappa shape index (κ3) is 5.82. The summed E-state index contributed by atoms with van der Waals surface area (Å²) in [6.45, 7) is 13.7. The highest BCUT2D eigenvalue weighted by Crippen LogP contribution is 2.68. The van der Waals surface area contributed by atoms with Crippen LogP contribution >= 0.6 is 0 Å². The van der Waals surface area contributed by atoms with E-state index in [1.807, 2.05) is 0 Å². The van der Waals surface area contributed by atoms with Crippen molar-refractivity contribution in [2.75, 3.05) is 26.2 Å². The van der Waals surface area contributed by atoms with Crippen molar-refractivity contribution in [2.45, 2.75) is 91.0 Å². The first-order chi connectivity index (χ1) is 17.4. The fourth-order valence-corrected chi connectivity index (χ4v) is 7.56. The molecule has 5 rings (SSSR count). The monoisotopic (exact) mass is 495 g/mol. The molecule has 0 radical (unpaired) electrons. The maximum Gasteiger partial charge on any atom is 0.223 e. The van der Waals surface area contributed by atoms with Gasteiger partial charge in [-0.15, -0.1) is 0 Å². The Morgan fingerprint density at radius 2 is 1.72 bits per heavy atom. The number of hydrogen-bond acceptors (Lipinski definition) is 3. The van der Waals surface area contributed by atoms with Gasteiger partial charge >= 0.3 is 0 Å². The molecule has 1 saturated heterocycles. The number of carbonyl (C=O) groups is 2. The van der Waals surface area contributed by atoms with Crippen molar-refractivity contribution in [1.82, 2.24) is 15.5 Å². The van der Waals surface area contributed by atoms with Gasteiger partial charge in [-0.2, -0.15) is 0 Å². The molecule has 3 aliphatic carbocycles. The molecule has 1 heterocycles. The number of carbonyl (C=O) groups excluding carboxylic acids is 2. The van der Waals surface area contributed by atoms with Gasteiger partial charge in [-0.25, -0.2) is 0 Å².